The molecule has 3 aliphatic rings. The summed E-state index contributed by atoms with van der Waals surface area (Å²) in [6, 6.07) is 12.2. The lowest BCUT2D eigenvalue weighted by Crippen LogP contribution is -2.21. The highest BCUT2D eigenvalue weighted by atomic mass is 16.5. The highest BCUT2D eigenvalue weighted by Crippen LogP contribution is 2.65. The highest BCUT2D eigenvalue weighted by molar-refractivity contribution is 6.01. The van der Waals surface area contributed by atoms with E-state index >= 15 is 0 Å². The van der Waals surface area contributed by atoms with Gasteiger partial charge in [-0.2, -0.15) is 0 Å². The molecule has 3 aromatic rings. The van der Waals surface area contributed by atoms with E-state index in [2.05, 4.69) is 22.8 Å². The summed E-state index contributed by atoms with van der Waals surface area (Å²) in [5, 5.41) is 1.20. The van der Waals surface area contributed by atoms with E-state index in [1.165, 1.54) is 59.9 Å². The fourth-order valence-corrected chi connectivity index (χ4v) is 6.63. The third-order valence-electron chi connectivity index (χ3n) is 8.51. The molecule has 1 aliphatic heterocycles. The van der Waals surface area contributed by atoms with E-state index in [9.17, 15) is 9.59 Å². The second-order valence-electron chi connectivity index (χ2n) is 10.2. The van der Waals surface area contributed by atoms with Gasteiger partial charge in [-0.05, 0) is 79.5 Å². The molecule has 5 heteroatoms. The van der Waals surface area contributed by atoms with Crippen molar-refractivity contribution < 1.29 is 14.3 Å². The Kier molecular flexibility index (Phi) is 4.48. The van der Waals surface area contributed by atoms with Crippen LogP contribution in [0.3, 0.4) is 0 Å². The lowest BCUT2D eigenvalue weighted by molar-refractivity contribution is -0.122. The monoisotopic (exact) mass is 442 g/mol. The molecule has 0 bridgehead atoms. The molecule has 1 amide bonds. The number of amides is 1. The summed E-state index contributed by atoms with van der Waals surface area (Å²) in [6.07, 6.45) is 6.99. The van der Waals surface area contributed by atoms with Gasteiger partial charge in [0.25, 0.3) is 0 Å². The van der Waals surface area contributed by atoms with Crippen LogP contribution in [0.4, 0.5) is 0 Å². The third-order valence-corrected chi connectivity index (χ3v) is 8.51. The predicted molar refractivity (Wildman–Crippen MR) is 129 cm³/mol. The van der Waals surface area contributed by atoms with Crippen LogP contribution in [0, 0.1) is 5.41 Å². The van der Waals surface area contributed by atoms with Crippen molar-refractivity contribution in [1.29, 1.82) is 0 Å². The molecule has 2 N–H and O–H groups in total. The topological polar surface area (TPSA) is 74.3 Å². The second-order valence-corrected chi connectivity index (χ2v) is 10.2. The largest absolute Gasteiger partial charge is 0.497 e. The van der Waals surface area contributed by atoms with E-state index in [-0.39, 0.29) is 11.7 Å². The summed E-state index contributed by atoms with van der Waals surface area (Å²) in [5.41, 5.74) is 11.8. The zero-order valence-corrected chi connectivity index (χ0v) is 19.3. The van der Waals surface area contributed by atoms with Crippen molar-refractivity contribution in [2.24, 2.45) is 11.1 Å². The molecule has 1 aromatic heterocycles. The number of Topliss-reactive ketones (excluding diaryl/α,β-unsaturated/α-hetero) is 1. The number of nitrogens with zero attached hydrogens (tertiary/aromatic N) is 1. The molecule has 2 aliphatic carbocycles. The second kappa shape index (κ2) is 7.21. The minimum Gasteiger partial charge on any atom is -0.497 e. The number of ketones is 1. The first-order valence-electron chi connectivity index (χ1n) is 12.1. The standard InChI is InChI=1S/C28H30N2O3/c1-16(31)28-14-23(28)22-13-19(33-2)9-11-20(22)26-25(17-6-4-3-5-7-17)21-10-8-18(27(29)32)12-24(21)30(26)15-28/h8-13,17,23H,3-7,14-15H2,1-2H3,(H2,29,32). The number of hydrogen-bond donors (Lipinski definition) is 1. The smallest absolute Gasteiger partial charge is 0.248 e. The summed E-state index contributed by atoms with van der Waals surface area (Å²) >= 11 is 0. The van der Waals surface area contributed by atoms with Crippen molar-refractivity contribution >= 4 is 22.6 Å². The van der Waals surface area contributed by atoms with Crippen LogP contribution >= 0.6 is 0 Å². The molecular weight excluding hydrogens is 412 g/mol. The molecule has 0 spiro atoms. The maximum Gasteiger partial charge on any atom is 0.248 e. The van der Waals surface area contributed by atoms with E-state index in [1.54, 1.807) is 14.0 Å². The number of carbonyl (C=O) groups is 2. The van der Waals surface area contributed by atoms with Crippen molar-refractivity contribution in [1.82, 2.24) is 4.57 Å². The Morgan fingerprint density at radius 2 is 1.88 bits per heavy atom. The molecule has 2 unspecified atom stereocenters. The van der Waals surface area contributed by atoms with Gasteiger partial charge < -0.3 is 15.0 Å². The summed E-state index contributed by atoms with van der Waals surface area (Å²) < 4.78 is 7.91. The Balaban J connectivity index is 1.70. The van der Waals surface area contributed by atoms with Crippen LogP contribution in [0.25, 0.3) is 22.2 Å². The van der Waals surface area contributed by atoms with E-state index in [0.29, 0.717) is 18.0 Å². The van der Waals surface area contributed by atoms with Crippen LogP contribution in [-0.2, 0) is 11.3 Å². The molecule has 2 saturated carbocycles. The Labute approximate surface area is 193 Å². The maximum absolute atomic E-state index is 13.0. The van der Waals surface area contributed by atoms with Gasteiger partial charge in [0.05, 0.1) is 18.2 Å². The minimum absolute atomic E-state index is 0.202. The number of carbonyl (C=O) groups excluding carboxylic acids is 2. The minimum atomic E-state index is -0.420. The zero-order chi connectivity index (χ0) is 22.9. The number of ether oxygens (including phenoxy) is 1. The SMILES string of the molecule is COc1ccc2c(c1)C1CC1(C(C)=O)Cn1c-2c(C2CCCCC2)c2ccc(C(N)=O)cc21. The van der Waals surface area contributed by atoms with E-state index in [4.69, 9.17) is 10.5 Å². The van der Waals surface area contributed by atoms with Crippen molar-refractivity contribution in [2.75, 3.05) is 7.11 Å². The molecule has 2 aromatic carbocycles. The van der Waals surface area contributed by atoms with Gasteiger partial charge in [0, 0.05) is 28.6 Å². The Morgan fingerprint density at radius 1 is 1.09 bits per heavy atom. The average molecular weight is 443 g/mol. The Morgan fingerprint density at radius 3 is 2.58 bits per heavy atom. The van der Waals surface area contributed by atoms with Crippen molar-refractivity contribution in [3.63, 3.8) is 0 Å². The first kappa shape index (κ1) is 20.5. The molecule has 2 atom stereocenters. The maximum atomic E-state index is 13.0. The quantitative estimate of drug-likeness (QED) is 0.576. The van der Waals surface area contributed by atoms with Crippen molar-refractivity contribution in [3.05, 3.63) is 53.1 Å². The fraction of sp³-hybridized carbons (Fsp3) is 0.429. The van der Waals surface area contributed by atoms with E-state index < -0.39 is 11.3 Å². The fourth-order valence-electron chi connectivity index (χ4n) is 6.63. The summed E-state index contributed by atoms with van der Waals surface area (Å²) in [4.78, 5) is 25.0. The molecule has 5 nitrogen and oxygen atoms in total. The molecule has 33 heavy (non-hydrogen) atoms. The van der Waals surface area contributed by atoms with Gasteiger partial charge in [0.1, 0.15) is 11.5 Å². The Bertz CT molecular complexity index is 1310. The van der Waals surface area contributed by atoms with Gasteiger partial charge in [-0.25, -0.2) is 0 Å². The lowest BCUT2D eigenvalue weighted by Gasteiger charge is -2.24. The number of fused-ring (bicyclic) bond motifs is 7. The van der Waals surface area contributed by atoms with E-state index in [0.717, 1.165) is 17.7 Å². The predicted octanol–water partition coefficient (Wildman–Crippen LogP) is 5.54. The average Bonchev–Trinajstić information content (AvgIpc) is 3.50. The van der Waals surface area contributed by atoms with Crippen molar-refractivity contribution in [3.8, 4) is 17.0 Å². The first-order chi connectivity index (χ1) is 15.9. The normalized spacial score (nSPS) is 23.9. The summed E-state index contributed by atoms with van der Waals surface area (Å²) in [5.74, 6) is 1.33. The van der Waals surface area contributed by atoms with Crippen LogP contribution in [0.2, 0.25) is 0 Å². The third kappa shape index (κ3) is 2.91. The van der Waals surface area contributed by atoms with E-state index in [1.807, 2.05) is 18.2 Å². The number of primary amides is 1. The molecule has 0 saturated heterocycles. The van der Waals surface area contributed by atoms with Gasteiger partial charge in [-0.1, -0.05) is 25.3 Å². The van der Waals surface area contributed by atoms with Gasteiger partial charge in [0.15, 0.2) is 0 Å². The highest BCUT2D eigenvalue weighted by Gasteiger charge is 2.61. The van der Waals surface area contributed by atoms with Gasteiger partial charge in [-0.15, -0.1) is 0 Å². The van der Waals surface area contributed by atoms with Gasteiger partial charge in [-0.3, -0.25) is 9.59 Å². The number of hydrogen-bond acceptors (Lipinski definition) is 3. The number of benzene rings is 2. The first-order valence-corrected chi connectivity index (χ1v) is 12.1. The van der Waals surface area contributed by atoms with Gasteiger partial charge in [0.2, 0.25) is 5.91 Å². The number of nitrogens with two attached hydrogens (primary N) is 1. The number of aromatic nitrogens is 1. The van der Waals surface area contributed by atoms with Crippen LogP contribution in [-0.4, -0.2) is 23.4 Å². The Hall–Kier alpha value is -3.08. The number of rotatable bonds is 4. The van der Waals surface area contributed by atoms with Crippen LogP contribution in [0.5, 0.6) is 5.75 Å². The molecular formula is C28H30N2O3. The molecule has 170 valence electrons. The summed E-state index contributed by atoms with van der Waals surface area (Å²) in [6.45, 7) is 2.37. The van der Waals surface area contributed by atoms with Crippen LogP contribution in [0.15, 0.2) is 36.4 Å². The summed E-state index contributed by atoms with van der Waals surface area (Å²) in [7, 11) is 1.69. The lowest BCUT2D eigenvalue weighted by atomic mass is 9.81. The zero-order valence-electron chi connectivity index (χ0n) is 19.3. The van der Waals surface area contributed by atoms with Crippen molar-refractivity contribution in [2.45, 2.75) is 63.8 Å². The molecule has 6 rings (SSSR count). The van der Waals surface area contributed by atoms with Gasteiger partial charge >= 0.3 is 0 Å². The number of methoxy groups -OCH3 is 1. The molecule has 2 fully saturated rings. The molecule has 0 radical (unpaired) electrons. The van der Waals surface area contributed by atoms with Crippen LogP contribution in [0.1, 0.15) is 78.8 Å². The van der Waals surface area contributed by atoms with Crippen LogP contribution < -0.4 is 10.5 Å². The molecule has 2 heterocycles.